The van der Waals surface area contributed by atoms with Crippen molar-refractivity contribution in [3.8, 4) is 44.5 Å². The van der Waals surface area contributed by atoms with Crippen LogP contribution < -0.4 is 9.80 Å². The summed E-state index contributed by atoms with van der Waals surface area (Å²) in [6.07, 6.45) is 0. The summed E-state index contributed by atoms with van der Waals surface area (Å²) in [6, 6.07) is 100. The van der Waals surface area contributed by atoms with E-state index in [4.69, 9.17) is 4.42 Å². The molecule has 0 amide bonds. The highest BCUT2D eigenvalue weighted by Crippen LogP contribution is 2.51. The molecule has 0 N–H and O–H groups in total. The minimum absolute atomic E-state index is 0.797. The van der Waals surface area contributed by atoms with Crippen molar-refractivity contribution >= 4 is 77.6 Å². The van der Waals surface area contributed by atoms with Crippen molar-refractivity contribution in [1.29, 1.82) is 0 Å². The fourth-order valence-electron chi connectivity index (χ4n) is 10.4. The van der Waals surface area contributed by atoms with Gasteiger partial charge in [-0.05, 0) is 116 Å². The molecule has 0 bridgehead atoms. The fraction of sp³-hybridized carbons (Fsp3) is 0. The van der Waals surface area contributed by atoms with Gasteiger partial charge in [-0.15, -0.1) is 0 Å². The lowest BCUT2D eigenvalue weighted by Crippen LogP contribution is -2.14. The van der Waals surface area contributed by atoms with Crippen LogP contribution >= 0.6 is 0 Å². The lowest BCUT2D eigenvalue weighted by Gasteiger charge is -2.31. The molecule has 0 fully saturated rings. The van der Waals surface area contributed by atoms with Gasteiger partial charge in [-0.3, -0.25) is 0 Å². The first-order chi connectivity index (χ1) is 35.2. The summed E-state index contributed by atoms with van der Waals surface area (Å²) in [4.78, 5) is 4.81. The van der Waals surface area contributed by atoms with E-state index < -0.39 is 0 Å². The highest BCUT2D eigenvalue weighted by molar-refractivity contribution is 6.21. The summed E-state index contributed by atoms with van der Waals surface area (Å²) in [5, 5.41) is 6.73. The highest BCUT2D eigenvalue weighted by Gasteiger charge is 2.26. The predicted molar refractivity (Wildman–Crippen MR) is 300 cm³/mol. The molecule has 3 nitrogen and oxygen atoms in total. The Balaban J connectivity index is 1.11. The summed E-state index contributed by atoms with van der Waals surface area (Å²) >= 11 is 0. The van der Waals surface area contributed by atoms with Gasteiger partial charge in [-0.1, -0.05) is 212 Å². The smallest absolute Gasteiger partial charge is 0.143 e. The Labute approximate surface area is 413 Å². The Bertz CT molecular complexity index is 4010. The third-order valence-corrected chi connectivity index (χ3v) is 13.8. The number of hydrogen-bond acceptors (Lipinski definition) is 3. The van der Waals surface area contributed by atoms with Gasteiger partial charge in [-0.25, -0.2) is 0 Å². The van der Waals surface area contributed by atoms with Crippen LogP contribution in [0.25, 0.3) is 88.0 Å². The van der Waals surface area contributed by atoms with Crippen LogP contribution in [0.1, 0.15) is 0 Å². The standard InChI is InChI=1S/C68H46N2O/c1-5-18-47(19-6-1)49-32-38-56(39-33-49)69(55-27-11-4-12-28-55)58-45-65(67-62-42-36-53-25-14-16-30-61(53)68(62)71-66(67)46-58)70(57-40-34-50(35-41-57)48-20-7-2-8-21-48)64-43-37-54(44-63(64)52-22-9-3-10-23-52)60-31-17-26-51-24-13-15-29-59(51)60/h1-46H. The Morgan fingerprint density at radius 2 is 0.746 bits per heavy atom. The van der Waals surface area contributed by atoms with E-state index in [2.05, 4.69) is 289 Å². The molecule has 0 saturated carbocycles. The van der Waals surface area contributed by atoms with Gasteiger partial charge >= 0.3 is 0 Å². The molecule has 334 valence electrons. The molecule has 0 spiro atoms. The molecule has 0 radical (unpaired) electrons. The Morgan fingerprint density at radius 1 is 0.254 bits per heavy atom. The van der Waals surface area contributed by atoms with Crippen LogP contribution in [-0.2, 0) is 0 Å². The van der Waals surface area contributed by atoms with Crippen LogP contribution in [0.4, 0.5) is 34.1 Å². The molecule has 0 aliphatic rings. The van der Waals surface area contributed by atoms with Gasteiger partial charge in [0.25, 0.3) is 0 Å². The molecule has 0 saturated heterocycles. The van der Waals surface area contributed by atoms with Crippen LogP contribution in [0.2, 0.25) is 0 Å². The van der Waals surface area contributed by atoms with E-state index in [9.17, 15) is 0 Å². The first-order valence-electron chi connectivity index (χ1n) is 24.2. The van der Waals surface area contributed by atoms with Crippen molar-refractivity contribution in [2.24, 2.45) is 0 Å². The third kappa shape index (κ3) is 7.67. The van der Waals surface area contributed by atoms with Crippen LogP contribution in [-0.4, -0.2) is 0 Å². The SMILES string of the molecule is c1ccc(-c2ccc(N(c3ccccc3)c3cc(N(c4ccc(-c5ccccc5)cc4)c4ccc(-c5cccc6ccccc56)cc4-c4ccccc4)c4c(c3)oc3c5ccccc5ccc34)cc2)cc1. The van der Waals surface area contributed by atoms with Gasteiger partial charge in [-0.2, -0.15) is 0 Å². The maximum atomic E-state index is 7.22. The van der Waals surface area contributed by atoms with Gasteiger partial charge < -0.3 is 14.2 Å². The molecule has 3 heteroatoms. The van der Waals surface area contributed by atoms with Crippen molar-refractivity contribution in [2.75, 3.05) is 9.80 Å². The van der Waals surface area contributed by atoms with E-state index in [0.717, 1.165) is 94.7 Å². The number of rotatable bonds is 10. The normalized spacial score (nSPS) is 11.4. The molecule has 0 unspecified atom stereocenters. The van der Waals surface area contributed by atoms with Gasteiger partial charge in [0, 0.05) is 39.5 Å². The number of anilines is 6. The van der Waals surface area contributed by atoms with E-state index in [1.54, 1.807) is 0 Å². The molecule has 12 aromatic carbocycles. The maximum Gasteiger partial charge on any atom is 0.143 e. The summed E-state index contributed by atoms with van der Waals surface area (Å²) in [5.41, 5.74) is 17.0. The number of para-hydroxylation sites is 1. The lowest BCUT2D eigenvalue weighted by molar-refractivity contribution is 0.673. The zero-order valence-corrected chi connectivity index (χ0v) is 38.9. The number of hydrogen-bond donors (Lipinski definition) is 0. The number of furan rings is 1. The second-order valence-corrected chi connectivity index (χ2v) is 18.1. The molecular formula is C68H46N2O. The zero-order valence-electron chi connectivity index (χ0n) is 38.9. The molecule has 0 aliphatic carbocycles. The van der Waals surface area contributed by atoms with Gasteiger partial charge in [0.15, 0.2) is 0 Å². The average molecular weight is 907 g/mol. The van der Waals surface area contributed by atoms with Crippen LogP contribution in [0.15, 0.2) is 283 Å². The maximum absolute atomic E-state index is 7.22. The predicted octanol–water partition coefficient (Wildman–Crippen LogP) is 19.5. The molecule has 71 heavy (non-hydrogen) atoms. The topological polar surface area (TPSA) is 19.6 Å². The minimum Gasteiger partial charge on any atom is -0.455 e. The summed E-state index contributed by atoms with van der Waals surface area (Å²) in [7, 11) is 0. The summed E-state index contributed by atoms with van der Waals surface area (Å²) in [6.45, 7) is 0. The molecule has 13 aromatic rings. The van der Waals surface area contributed by atoms with Crippen LogP contribution in [0.3, 0.4) is 0 Å². The Morgan fingerprint density at radius 3 is 1.39 bits per heavy atom. The zero-order chi connectivity index (χ0) is 47.1. The number of fused-ring (bicyclic) bond motifs is 6. The van der Waals surface area contributed by atoms with Crippen LogP contribution in [0, 0.1) is 0 Å². The fourth-order valence-corrected chi connectivity index (χ4v) is 10.4. The Hall–Kier alpha value is -9.44. The highest BCUT2D eigenvalue weighted by atomic mass is 16.3. The quantitative estimate of drug-likeness (QED) is 0.136. The van der Waals surface area contributed by atoms with Crippen molar-refractivity contribution in [3.05, 3.63) is 279 Å². The second-order valence-electron chi connectivity index (χ2n) is 18.1. The first kappa shape index (κ1) is 41.7. The van der Waals surface area contributed by atoms with E-state index in [0.29, 0.717) is 0 Å². The average Bonchev–Trinajstić information content (AvgIpc) is 3.84. The van der Waals surface area contributed by atoms with E-state index in [1.807, 2.05) is 0 Å². The first-order valence-corrected chi connectivity index (χ1v) is 24.2. The molecule has 1 heterocycles. The van der Waals surface area contributed by atoms with Gasteiger partial charge in [0.2, 0.25) is 0 Å². The number of nitrogens with zero attached hydrogens (tertiary/aromatic N) is 2. The van der Waals surface area contributed by atoms with E-state index in [1.165, 1.54) is 27.5 Å². The molecular weight excluding hydrogens is 861 g/mol. The largest absolute Gasteiger partial charge is 0.455 e. The monoisotopic (exact) mass is 906 g/mol. The van der Waals surface area contributed by atoms with E-state index in [-0.39, 0.29) is 0 Å². The number of benzene rings is 12. The second kappa shape index (κ2) is 17.9. The summed E-state index contributed by atoms with van der Waals surface area (Å²) in [5.74, 6) is 0. The van der Waals surface area contributed by atoms with Gasteiger partial charge in [0.1, 0.15) is 11.2 Å². The van der Waals surface area contributed by atoms with Crippen molar-refractivity contribution in [2.45, 2.75) is 0 Å². The Kier molecular flexibility index (Phi) is 10.5. The van der Waals surface area contributed by atoms with E-state index >= 15 is 0 Å². The molecule has 0 aliphatic heterocycles. The van der Waals surface area contributed by atoms with Crippen molar-refractivity contribution in [1.82, 2.24) is 0 Å². The van der Waals surface area contributed by atoms with Crippen molar-refractivity contribution < 1.29 is 4.42 Å². The minimum atomic E-state index is 0.797. The van der Waals surface area contributed by atoms with Gasteiger partial charge in [0.05, 0.1) is 22.4 Å². The molecule has 1 aromatic heterocycles. The lowest BCUT2D eigenvalue weighted by atomic mass is 9.93. The van der Waals surface area contributed by atoms with Crippen molar-refractivity contribution in [3.63, 3.8) is 0 Å². The van der Waals surface area contributed by atoms with Crippen LogP contribution in [0.5, 0.6) is 0 Å². The third-order valence-electron chi connectivity index (χ3n) is 13.8. The molecule has 0 atom stereocenters. The molecule has 13 rings (SSSR count). The summed E-state index contributed by atoms with van der Waals surface area (Å²) < 4.78 is 7.22.